The monoisotopic (exact) mass is 249 g/mol. The maximum Gasteiger partial charge on any atom is 0.124 e. The lowest BCUT2D eigenvalue weighted by atomic mass is 10.2. The predicted octanol–water partition coefficient (Wildman–Crippen LogP) is 0.829. The molecule has 1 aromatic rings. The SMILES string of the molecule is c1cc(NCCCNCC2CC2)n(C2CNC2)n1. The molecule has 1 saturated heterocycles. The maximum atomic E-state index is 4.38. The van der Waals surface area contributed by atoms with Gasteiger partial charge in [0.1, 0.15) is 5.82 Å². The average molecular weight is 249 g/mol. The van der Waals surface area contributed by atoms with Crippen LogP contribution in [0.15, 0.2) is 12.3 Å². The molecule has 0 aromatic carbocycles. The van der Waals surface area contributed by atoms with Crippen LogP contribution in [0.3, 0.4) is 0 Å². The summed E-state index contributed by atoms with van der Waals surface area (Å²) in [6.45, 7) is 5.43. The van der Waals surface area contributed by atoms with Crippen molar-refractivity contribution in [1.82, 2.24) is 20.4 Å². The van der Waals surface area contributed by atoms with Gasteiger partial charge in [0.05, 0.1) is 12.2 Å². The Balaban J connectivity index is 1.33. The predicted molar refractivity (Wildman–Crippen MR) is 72.8 cm³/mol. The average Bonchev–Trinajstić information content (AvgIpc) is 3.02. The van der Waals surface area contributed by atoms with Gasteiger partial charge in [-0.05, 0) is 38.3 Å². The highest BCUT2D eigenvalue weighted by atomic mass is 15.4. The second-order valence-electron chi connectivity index (χ2n) is 5.40. The molecule has 0 atom stereocenters. The lowest BCUT2D eigenvalue weighted by Gasteiger charge is -2.28. The molecule has 0 spiro atoms. The standard InChI is InChI=1S/C13H23N5/c1(5-14-8-11-2-3-11)6-16-13-4-7-17-18(13)12-9-15-10-12/h4,7,11-12,14-16H,1-3,5-6,8-10H2. The molecule has 0 amide bonds. The summed E-state index contributed by atoms with van der Waals surface area (Å²) < 4.78 is 2.11. The second kappa shape index (κ2) is 5.71. The van der Waals surface area contributed by atoms with E-state index >= 15 is 0 Å². The number of nitrogens with zero attached hydrogens (tertiary/aromatic N) is 2. The summed E-state index contributed by atoms with van der Waals surface area (Å²) in [7, 11) is 0. The molecule has 0 radical (unpaired) electrons. The molecule has 3 N–H and O–H groups in total. The van der Waals surface area contributed by atoms with Gasteiger partial charge in [-0.3, -0.25) is 0 Å². The van der Waals surface area contributed by atoms with Gasteiger partial charge in [-0.15, -0.1) is 0 Å². The van der Waals surface area contributed by atoms with Crippen LogP contribution in [-0.2, 0) is 0 Å². The van der Waals surface area contributed by atoms with Gasteiger partial charge in [-0.1, -0.05) is 0 Å². The third-order valence-electron chi connectivity index (χ3n) is 3.74. The molecule has 2 heterocycles. The molecule has 5 nitrogen and oxygen atoms in total. The van der Waals surface area contributed by atoms with Crippen molar-refractivity contribution in [2.75, 3.05) is 38.0 Å². The van der Waals surface area contributed by atoms with Crippen molar-refractivity contribution in [2.45, 2.75) is 25.3 Å². The first kappa shape index (κ1) is 12.0. The minimum Gasteiger partial charge on any atom is -0.370 e. The minimum absolute atomic E-state index is 0.537. The molecule has 1 aliphatic heterocycles. The Labute approximate surface area is 108 Å². The largest absolute Gasteiger partial charge is 0.370 e. The van der Waals surface area contributed by atoms with Crippen LogP contribution in [-0.4, -0.2) is 42.5 Å². The van der Waals surface area contributed by atoms with E-state index in [2.05, 4.69) is 31.8 Å². The molecule has 0 unspecified atom stereocenters. The van der Waals surface area contributed by atoms with Crippen molar-refractivity contribution >= 4 is 5.82 Å². The van der Waals surface area contributed by atoms with Gasteiger partial charge in [0.15, 0.2) is 0 Å². The Morgan fingerprint density at radius 1 is 1.33 bits per heavy atom. The topological polar surface area (TPSA) is 53.9 Å². The molecule has 2 fully saturated rings. The van der Waals surface area contributed by atoms with Crippen LogP contribution in [0, 0.1) is 5.92 Å². The Morgan fingerprint density at radius 3 is 2.94 bits per heavy atom. The van der Waals surface area contributed by atoms with E-state index in [0.717, 1.165) is 37.9 Å². The van der Waals surface area contributed by atoms with Crippen molar-refractivity contribution < 1.29 is 0 Å². The number of nitrogens with one attached hydrogen (secondary N) is 3. The van der Waals surface area contributed by atoms with Crippen LogP contribution in [0.5, 0.6) is 0 Å². The third-order valence-corrected chi connectivity index (χ3v) is 3.74. The first-order valence-electron chi connectivity index (χ1n) is 7.12. The number of anilines is 1. The van der Waals surface area contributed by atoms with Crippen molar-refractivity contribution in [2.24, 2.45) is 5.92 Å². The van der Waals surface area contributed by atoms with Gasteiger partial charge in [-0.2, -0.15) is 5.10 Å². The van der Waals surface area contributed by atoms with E-state index in [0.29, 0.717) is 6.04 Å². The summed E-state index contributed by atoms with van der Waals surface area (Å²) >= 11 is 0. The molecule has 18 heavy (non-hydrogen) atoms. The van der Waals surface area contributed by atoms with Gasteiger partial charge in [0.2, 0.25) is 0 Å². The second-order valence-corrected chi connectivity index (χ2v) is 5.40. The van der Waals surface area contributed by atoms with Crippen LogP contribution in [0.25, 0.3) is 0 Å². The van der Waals surface area contributed by atoms with Crippen molar-refractivity contribution in [1.29, 1.82) is 0 Å². The van der Waals surface area contributed by atoms with Gasteiger partial charge >= 0.3 is 0 Å². The van der Waals surface area contributed by atoms with E-state index in [1.807, 2.05) is 6.20 Å². The summed E-state index contributed by atoms with van der Waals surface area (Å²) in [5.41, 5.74) is 0. The summed E-state index contributed by atoms with van der Waals surface area (Å²) in [4.78, 5) is 0. The summed E-state index contributed by atoms with van der Waals surface area (Å²) in [6.07, 6.45) is 5.91. The number of aromatic nitrogens is 2. The van der Waals surface area contributed by atoms with Gasteiger partial charge < -0.3 is 16.0 Å². The van der Waals surface area contributed by atoms with Crippen LogP contribution in [0.1, 0.15) is 25.3 Å². The van der Waals surface area contributed by atoms with Crippen molar-refractivity contribution in [3.63, 3.8) is 0 Å². The molecule has 1 aliphatic carbocycles. The van der Waals surface area contributed by atoms with Crippen molar-refractivity contribution in [3.05, 3.63) is 12.3 Å². The lowest BCUT2D eigenvalue weighted by Crippen LogP contribution is -2.44. The van der Waals surface area contributed by atoms with E-state index < -0.39 is 0 Å². The summed E-state index contributed by atoms with van der Waals surface area (Å²) in [5.74, 6) is 2.13. The molecule has 1 aromatic heterocycles. The number of hydrogen-bond donors (Lipinski definition) is 3. The van der Waals surface area contributed by atoms with Gasteiger partial charge in [0, 0.05) is 25.7 Å². The zero-order valence-corrected chi connectivity index (χ0v) is 10.9. The molecular weight excluding hydrogens is 226 g/mol. The van der Waals surface area contributed by atoms with E-state index in [1.54, 1.807) is 0 Å². The van der Waals surface area contributed by atoms with E-state index in [9.17, 15) is 0 Å². The fourth-order valence-corrected chi connectivity index (χ4v) is 2.25. The highest BCUT2D eigenvalue weighted by Crippen LogP contribution is 2.27. The highest BCUT2D eigenvalue weighted by molar-refractivity contribution is 5.34. The zero-order chi connectivity index (χ0) is 12.2. The summed E-state index contributed by atoms with van der Waals surface area (Å²) in [5, 5.41) is 14.7. The molecular formula is C13H23N5. The highest BCUT2D eigenvalue weighted by Gasteiger charge is 2.21. The van der Waals surface area contributed by atoms with Gasteiger partial charge in [-0.25, -0.2) is 4.68 Å². The molecule has 3 rings (SSSR count). The van der Waals surface area contributed by atoms with Gasteiger partial charge in [0.25, 0.3) is 0 Å². The number of hydrogen-bond acceptors (Lipinski definition) is 4. The van der Waals surface area contributed by atoms with E-state index in [-0.39, 0.29) is 0 Å². The Morgan fingerprint density at radius 2 is 2.22 bits per heavy atom. The van der Waals surface area contributed by atoms with Crippen LogP contribution < -0.4 is 16.0 Å². The molecule has 1 saturated carbocycles. The lowest BCUT2D eigenvalue weighted by molar-refractivity contribution is 0.321. The molecule has 5 heteroatoms. The van der Waals surface area contributed by atoms with E-state index in [4.69, 9.17) is 0 Å². The molecule has 0 bridgehead atoms. The third kappa shape index (κ3) is 3.03. The smallest absolute Gasteiger partial charge is 0.124 e. The minimum atomic E-state index is 0.537. The van der Waals surface area contributed by atoms with Crippen LogP contribution in [0.2, 0.25) is 0 Å². The first-order chi connectivity index (χ1) is 8.93. The Hall–Kier alpha value is -1.07. The van der Waals surface area contributed by atoms with Crippen LogP contribution in [0.4, 0.5) is 5.82 Å². The zero-order valence-electron chi connectivity index (χ0n) is 10.9. The molecule has 100 valence electrons. The van der Waals surface area contributed by atoms with Crippen molar-refractivity contribution in [3.8, 4) is 0 Å². The number of rotatable bonds is 8. The summed E-state index contributed by atoms with van der Waals surface area (Å²) in [6, 6.07) is 2.60. The van der Waals surface area contributed by atoms with Crippen LogP contribution >= 0.6 is 0 Å². The maximum absolute atomic E-state index is 4.38. The molecule has 2 aliphatic rings. The fraction of sp³-hybridized carbons (Fsp3) is 0.769. The van der Waals surface area contributed by atoms with E-state index in [1.165, 1.54) is 25.8 Å². The Kier molecular flexibility index (Phi) is 3.81. The fourth-order valence-electron chi connectivity index (χ4n) is 2.25. The first-order valence-corrected chi connectivity index (χ1v) is 7.12. The quantitative estimate of drug-likeness (QED) is 0.597. The Bertz CT molecular complexity index is 367. The normalized spacial score (nSPS) is 19.8.